The maximum Gasteiger partial charge on any atom is 0.230 e. The van der Waals surface area contributed by atoms with Gasteiger partial charge in [-0.3, -0.25) is 4.79 Å². The molecule has 2 aromatic heterocycles. The van der Waals surface area contributed by atoms with Gasteiger partial charge in [-0.15, -0.1) is 23.1 Å². The highest BCUT2D eigenvalue weighted by Crippen LogP contribution is 2.35. The SMILES string of the molecule is O=C(Cc1csc(-c2ccsc2)n1)Nc1ccc(SC2CCCC2)cc1. The Bertz CT molecular complexity index is 850. The molecule has 1 fully saturated rings. The van der Waals surface area contributed by atoms with Crippen molar-refractivity contribution in [2.45, 2.75) is 42.2 Å². The Balaban J connectivity index is 1.31. The van der Waals surface area contributed by atoms with Crippen LogP contribution in [0.2, 0.25) is 0 Å². The molecule has 1 aromatic carbocycles. The minimum absolute atomic E-state index is 0.0247. The molecule has 3 nitrogen and oxygen atoms in total. The normalized spacial score (nSPS) is 14.6. The molecule has 0 bridgehead atoms. The second kappa shape index (κ2) is 8.37. The van der Waals surface area contributed by atoms with Gasteiger partial charge in [-0.2, -0.15) is 11.3 Å². The molecular weight excluding hydrogens is 380 g/mol. The Morgan fingerprint density at radius 1 is 1.15 bits per heavy atom. The van der Waals surface area contributed by atoms with Crippen molar-refractivity contribution in [1.82, 2.24) is 4.98 Å². The summed E-state index contributed by atoms with van der Waals surface area (Å²) < 4.78 is 0. The summed E-state index contributed by atoms with van der Waals surface area (Å²) in [6, 6.07) is 10.3. The van der Waals surface area contributed by atoms with Crippen molar-refractivity contribution in [1.29, 1.82) is 0 Å². The highest BCUT2D eigenvalue weighted by atomic mass is 32.2. The van der Waals surface area contributed by atoms with E-state index in [4.69, 9.17) is 0 Å². The van der Waals surface area contributed by atoms with Gasteiger partial charge in [0.2, 0.25) is 5.91 Å². The molecule has 6 heteroatoms. The Hall–Kier alpha value is -1.63. The van der Waals surface area contributed by atoms with E-state index < -0.39 is 0 Å². The first-order chi connectivity index (χ1) is 12.8. The Morgan fingerprint density at radius 3 is 2.69 bits per heavy atom. The molecule has 1 amide bonds. The Labute approximate surface area is 165 Å². The van der Waals surface area contributed by atoms with Crippen LogP contribution in [0, 0.1) is 0 Å². The van der Waals surface area contributed by atoms with Crippen LogP contribution in [-0.4, -0.2) is 16.1 Å². The lowest BCUT2D eigenvalue weighted by atomic mass is 10.3. The fourth-order valence-electron chi connectivity index (χ4n) is 3.09. The van der Waals surface area contributed by atoms with Gasteiger partial charge in [0.25, 0.3) is 0 Å². The van der Waals surface area contributed by atoms with Gasteiger partial charge in [0.15, 0.2) is 0 Å². The molecule has 1 aliphatic rings. The molecule has 134 valence electrons. The van der Waals surface area contributed by atoms with Crippen LogP contribution in [0.3, 0.4) is 0 Å². The number of carbonyl (C=O) groups excluding carboxylic acids is 1. The summed E-state index contributed by atoms with van der Waals surface area (Å²) in [5, 5.41) is 10.8. The Morgan fingerprint density at radius 2 is 1.96 bits per heavy atom. The molecule has 0 atom stereocenters. The topological polar surface area (TPSA) is 42.0 Å². The van der Waals surface area contributed by atoms with Crippen molar-refractivity contribution in [2.75, 3.05) is 5.32 Å². The highest BCUT2D eigenvalue weighted by Gasteiger charge is 2.16. The lowest BCUT2D eigenvalue weighted by Gasteiger charge is -2.09. The van der Waals surface area contributed by atoms with E-state index >= 15 is 0 Å². The van der Waals surface area contributed by atoms with Gasteiger partial charge >= 0.3 is 0 Å². The van der Waals surface area contributed by atoms with Crippen LogP contribution in [0.15, 0.2) is 51.4 Å². The van der Waals surface area contributed by atoms with Crippen molar-refractivity contribution < 1.29 is 4.79 Å². The number of carbonyl (C=O) groups is 1. The molecule has 0 unspecified atom stereocenters. The molecule has 1 aliphatic carbocycles. The molecule has 4 rings (SSSR count). The summed E-state index contributed by atoms with van der Waals surface area (Å²) in [4.78, 5) is 18.1. The molecule has 0 spiro atoms. The van der Waals surface area contributed by atoms with Gasteiger partial charge in [0.1, 0.15) is 5.01 Å². The predicted octanol–water partition coefficient (Wildman–Crippen LogP) is 6.09. The highest BCUT2D eigenvalue weighted by molar-refractivity contribution is 8.00. The van der Waals surface area contributed by atoms with Crippen LogP contribution < -0.4 is 5.32 Å². The minimum atomic E-state index is -0.0247. The number of hydrogen-bond donors (Lipinski definition) is 1. The van der Waals surface area contributed by atoms with Crippen LogP contribution in [0.4, 0.5) is 5.69 Å². The third-order valence-corrected chi connectivity index (χ3v) is 7.38. The molecule has 0 radical (unpaired) electrons. The van der Waals surface area contributed by atoms with Gasteiger partial charge in [0, 0.05) is 32.2 Å². The fraction of sp³-hybridized carbons (Fsp3) is 0.300. The number of thiophene rings is 1. The predicted molar refractivity (Wildman–Crippen MR) is 112 cm³/mol. The maximum atomic E-state index is 12.3. The van der Waals surface area contributed by atoms with E-state index in [-0.39, 0.29) is 5.91 Å². The first-order valence-electron chi connectivity index (χ1n) is 8.80. The van der Waals surface area contributed by atoms with E-state index in [1.54, 1.807) is 22.7 Å². The van der Waals surface area contributed by atoms with Crippen LogP contribution in [0.5, 0.6) is 0 Å². The van der Waals surface area contributed by atoms with E-state index in [1.807, 2.05) is 34.7 Å². The number of amides is 1. The Kier molecular flexibility index (Phi) is 5.72. The first-order valence-corrected chi connectivity index (χ1v) is 11.5. The minimum Gasteiger partial charge on any atom is -0.326 e. The summed E-state index contributed by atoms with van der Waals surface area (Å²) in [7, 11) is 0. The zero-order chi connectivity index (χ0) is 17.8. The smallest absolute Gasteiger partial charge is 0.230 e. The maximum absolute atomic E-state index is 12.3. The van der Waals surface area contributed by atoms with Gasteiger partial charge in [-0.1, -0.05) is 12.8 Å². The number of anilines is 1. The first kappa shape index (κ1) is 17.8. The van der Waals surface area contributed by atoms with Crippen LogP contribution in [0.25, 0.3) is 10.6 Å². The average Bonchev–Trinajstić information content (AvgIpc) is 3.38. The lowest BCUT2D eigenvalue weighted by molar-refractivity contribution is -0.115. The van der Waals surface area contributed by atoms with Crippen LogP contribution in [-0.2, 0) is 11.2 Å². The number of nitrogens with zero attached hydrogens (tertiary/aromatic N) is 1. The number of hydrogen-bond acceptors (Lipinski definition) is 5. The number of benzene rings is 1. The molecule has 26 heavy (non-hydrogen) atoms. The zero-order valence-electron chi connectivity index (χ0n) is 14.3. The molecule has 1 N–H and O–H groups in total. The van der Waals surface area contributed by atoms with Gasteiger partial charge < -0.3 is 5.32 Å². The van der Waals surface area contributed by atoms with Crippen molar-refractivity contribution in [3.63, 3.8) is 0 Å². The van der Waals surface area contributed by atoms with Crippen LogP contribution >= 0.6 is 34.4 Å². The van der Waals surface area contributed by atoms with E-state index in [9.17, 15) is 4.79 Å². The number of thioether (sulfide) groups is 1. The molecule has 0 aliphatic heterocycles. The number of rotatable bonds is 6. The van der Waals surface area contributed by atoms with E-state index in [2.05, 4.69) is 33.9 Å². The van der Waals surface area contributed by atoms with Crippen LogP contribution in [0.1, 0.15) is 31.4 Å². The fourth-order valence-corrected chi connectivity index (χ4v) is 5.87. The lowest BCUT2D eigenvalue weighted by Crippen LogP contribution is -2.14. The zero-order valence-corrected chi connectivity index (χ0v) is 16.8. The molecule has 0 saturated heterocycles. The van der Waals surface area contributed by atoms with E-state index in [0.29, 0.717) is 6.42 Å². The second-order valence-corrected chi connectivity index (χ2v) is 9.44. The van der Waals surface area contributed by atoms with E-state index in [0.717, 1.165) is 27.2 Å². The molecule has 1 saturated carbocycles. The summed E-state index contributed by atoms with van der Waals surface area (Å²) in [5.41, 5.74) is 2.79. The molecular formula is C20H20N2OS3. The van der Waals surface area contributed by atoms with Crippen molar-refractivity contribution in [2.24, 2.45) is 0 Å². The largest absolute Gasteiger partial charge is 0.326 e. The second-order valence-electron chi connectivity index (χ2n) is 6.43. The van der Waals surface area contributed by atoms with Gasteiger partial charge in [-0.05, 0) is 48.6 Å². The van der Waals surface area contributed by atoms with Crippen molar-refractivity contribution in [3.8, 4) is 10.6 Å². The van der Waals surface area contributed by atoms with E-state index in [1.165, 1.54) is 30.6 Å². The summed E-state index contributed by atoms with van der Waals surface area (Å²) in [6.45, 7) is 0. The van der Waals surface area contributed by atoms with Crippen molar-refractivity contribution in [3.05, 3.63) is 52.2 Å². The summed E-state index contributed by atoms with van der Waals surface area (Å²) >= 11 is 5.20. The summed E-state index contributed by atoms with van der Waals surface area (Å²) in [6.07, 6.45) is 5.67. The third-order valence-electron chi connectivity index (χ3n) is 4.40. The van der Waals surface area contributed by atoms with Gasteiger partial charge in [0.05, 0.1) is 12.1 Å². The standard InChI is InChI=1S/C20H20N2OS3/c23-19(11-16-13-25-20(22-16)14-9-10-24-12-14)21-15-5-7-18(8-6-15)26-17-3-1-2-4-17/h5-10,12-13,17H,1-4,11H2,(H,21,23). The van der Waals surface area contributed by atoms with Gasteiger partial charge in [-0.25, -0.2) is 4.98 Å². The third kappa shape index (κ3) is 4.55. The number of nitrogens with one attached hydrogen (secondary N) is 1. The number of thiazole rings is 1. The van der Waals surface area contributed by atoms with Crippen molar-refractivity contribution >= 4 is 46.0 Å². The number of aromatic nitrogens is 1. The molecule has 2 heterocycles. The summed E-state index contributed by atoms with van der Waals surface area (Å²) in [5.74, 6) is -0.0247. The monoisotopic (exact) mass is 400 g/mol. The molecule has 3 aromatic rings. The average molecular weight is 401 g/mol. The quantitative estimate of drug-likeness (QED) is 0.544.